The Balaban J connectivity index is 1.46. The predicted octanol–water partition coefficient (Wildman–Crippen LogP) is 3.85. The van der Waals surface area contributed by atoms with Gasteiger partial charge in [-0.05, 0) is 55.9 Å². The monoisotopic (exact) mass is 422 g/mol. The molecule has 1 atom stereocenters. The van der Waals surface area contributed by atoms with E-state index < -0.39 is 0 Å². The Hall–Kier alpha value is -2.63. The average molecular weight is 423 g/mol. The molecular weight excluding hydrogens is 388 g/mol. The number of carbonyl (C=O) groups is 1. The zero-order chi connectivity index (χ0) is 21.6. The van der Waals surface area contributed by atoms with Gasteiger partial charge in [0.2, 0.25) is 5.91 Å². The van der Waals surface area contributed by atoms with Crippen LogP contribution in [0, 0.1) is 5.92 Å². The van der Waals surface area contributed by atoms with Gasteiger partial charge in [-0.25, -0.2) is 0 Å². The molecule has 2 aromatic rings. The molecule has 4 rings (SSSR count). The fourth-order valence-corrected chi connectivity index (χ4v) is 4.77. The zero-order valence-electron chi connectivity index (χ0n) is 18.6. The number of amides is 1. The Morgan fingerprint density at radius 3 is 2.45 bits per heavy atom. The summed E-state index contributed by atoms with van der Waals surface area (Å²) in [5.41, 5.74) is 1.85. The van der Waals surface area contributed by atoms with E-state index in [0.29, 0.717) is 12.6 Å². The number of piperidine rings is 1. The molecule has 0 spiro atoms. The Kier molecular flexibility index (Phi) is 7.05. The first-order valence-corrected chi connectivity index (χ1v) is 11.9. The number of rotatable bonds is 5. The number of nitrogens with zero attached hydrogens (tertiary/aromatic N) is 3. The second kappa shape index (κ2) is 10.1. The summed E-state index contributed by atoms with van der Waals surface area (Å²) in [6.07, 6.45) is 10.0. The first-order chi connectivity index (χ1) is 15.1. The number of anilines is 1. The molecule has 1 N–H and O–H groups in total. The minimum Gasteiger partial charge on any atom is -0.354 e. The normalized spacial score (nSPS) is 20.3. The van der Waals surface area contributed by atoms with Crippen molar-refractivity contribution in [3.8, 4) is 5.69 Å². The van der Waals surface area contributed by atoms with E-state index in [1.165, 1.54) is 35.9 Å². The van der Waals surface area contributed by atoms with E-state index in [9.17, 15) is 9.59 Å². The second-order valence-corrected chi connectivity index (χ2v) is 8.94. The largest absolute Gasteiger partial charge is 0.354 e. The summed E-state index contributed by atoms with van der Waals surface area (Å²) in [5.74, 6) is 0.911. The third-order valence-corrected chi connectivity index (χ3v) is 6.69. The van der Waals surface area contributed by atoms with Crippen molar-refractivity contribution in [2.75, 3.05) is 18.0 Å². The molecule has 1 aliphatic carbocycles. The summed E-state index contributed by atoms with van der Waals surface area (Å²) in [6, 6.07) is 11.6. The van der Waals surface area contributed by atoms with Gasteiger partial charge in [0, 0.05) is 25.2 Å². The van der Waals surface area contributed by atoms with Crippen LogP contribution >= 0.6 is 0 Å². The van der Waals surface area contributed by atoms with E-state index >= 15 is 0 Å². The molecule has 6 nitrogen and oxygen atoms in total. The summed E-state index contributed by atoms with van der Waals surface area (Å²) < 4.78 is 1.46. The highest BCUT2D eigenvalue weighted by atomic mass is 16.2. The van der Waals surface area contributed by atoms with E-state index in [1.54, 1.807) is 12.1 Å². The lowest BCUT2D eigenvalue weighted by molar-refractivity contribution is -0.126. The average Bonchev–Trinajstić information content (AvgIpc) is 3.08. The molecule has 2 fully saturated rings. The van der Waals surface area contributed by atoms with Crippen molar-refractivity contribution in [2.24, 2.45) is 5.92 Å². The highest BCUT2D eigenvalue weighted by Gasteiger charge is 2.28. The maximum Gasteiger partial charge on any atom is 0.271 e. The summed E-state index contributed by atoms with van der Waals surface area (Å²) in [4.78, 5) is 27.5. The molecule has 1 amide bonds. The molecule has 1 aliphatic heterocycles. The SMILES string of the molecule is CCc1ccc(-n2nc(N3CCCC(C(=O)NC4CCCCCC4)C3)ccc2=O)cc1. The molecule has 31 heavy (non-hydrogen) atoms. The van der Waals surface area contributed by atoms with Gasteiger partial charge >= 0.3 is 0 Å². The van der Waals surface area contributed by atoms with Crippen molar-refractivity contribution in [1.29, 1.82) is 0 Å². The van der Waals surface area contributed by atoms with Crippen LogP contribution in [0.15, 0.2) is 41.2 Å². The van der Waals surface area contributed by atoms with Crippen LogP contribution in [0.2, 0.25) is 0 Å². The second-order valence-electron chi connectivity index (χ2n) is 8.94. The summed E-state index contributed by atoms with van der Waals surface area (Å²) >= 11 is 0. The van der Waals surface area contributed by atoms with E-state index in [1.807, 2.05) is 24.3 Å². The Morgan fingerprint density at radius 1 is 1.00 bits per heavy atom. The van der Waals surface area contributed by atoms with Gasteiger partial charge in [-0.3, -0.25) is 9.59 Å². The van der Waals surface area contributed by atoms with Crippen LogP contribution in [0.5, 0.6) is 0 Å². The van der Waals surface area contributed by atoms with Gasteiger partial charge < -0.3 is 10.2 Å². The third-order valence-electron chi connectivity index (χ3n) is 6.69. The standard InChI is InChI=1S/C25H34N4O2/c1-2-19-11-13-22(14-12-19)29-24(30)16-15-23(27-29)28-17-7-8-20(18-28)25(31)26-21-9-5-3-4-6-10-21/h11-16,20-21H,2-10,17-18H2,1H3,(H,26,31). The molecule has 2 heterocycles. The first-order valence-electron chi connectivity index (χ1n) is 11.9. The number of hydrogen-bond acceptors (Lipinski definition) is 4. The van der Waals surface area contributed by atoms with Gasteiger partial charge in [0.05, 0.1) is 11.6 Å². The molecule has 166 valence electrons. The quantitative estimate of drug-likeness (QED) is 0.743. The van der Waals surface area contributed by atoms with Crippen molar-refractivity contribution >= 4 is 11.7 Å². The van der Waals surface area contributed by atoms with Crippen molar-refractivity contribution in [2.45, 2.75) is 70.8 Å². The molecule has 6 heteroatoms. The number of aromatic nitrogens is 2. The smallest absolute Gasteiger partial charge is 0.271 e. The molecule has 1 saturated carbocycles. The lowest BCUT2D eigenvalue weighted by Gasteiger charge is -2.33. The van der Waals surface area contributed by atoms with E-state index in [0.717, 1.165) is 50.2 Å². The predicted molar refractivity (Wildman–Crippen MR) is 124 cm³/mol. The van der Waals surface area contributed by atoms with Crippen LogP contribution in [0.3, 0.4) is 0 Å². The summed E-state index contributed by atoms with van der Waals surface area (Å²) in [5, 5.41) is 7.96. The molecular formula is C25H34N4O2. The number of benzene rings is 1. The number of aryl methyl sites for hydroxylation is 1. The highest BCUT2D eigenvalue weighted by Crippen LogP contribution is 2.23. The molecule has 1 aromatic heterocycles. The molecule has 0 bridgehead atoms. The summed E-state index contributed by atoms with van der Waals surface area (Å²) in [7, 11) is 0. The molecule has 1 aromatic carbocycles. The minimum absolute atomic E-state index is 0.0250. The fraction of sp³-hybridized carbons (Fsp3) is 0.560. The van der Waals surface area contributed by atoms with Crippen LogP contribution in [-0.4, -0.2) is 34.8 Å². The Morgan fingerprint density at radius 2 is 1.74 bits per heavy atom. The minimum atomic E-state index is -0.146. The van der Waals surface area contributed by atoms with Crippen molar-refractivity contribution in [3.05, 3.63) is 52.3 Å². The van der Waals surface area contributed by atoms with E-state index in [-0.39, 0.29) is 17.4 Å². The van der Waals surface area contributed by atoms with Crippen LogP contribution < -0.4 is 15.8 Å². The van der Waals surface area contributed by atoms with Crippen LogP contribution in [0.25, 0.3) is 5.69 Å². The van der Waals surface area contributed by atoms with E-state index in [2.05, 4.69) is 22.2 Å². The van der Waals surface area contributed by atoms with Gasteiger partial charge in [0.15, 0.2) is 0 Å². The van der Waals surface area contributed by atoms with Gasteiger partial charge in [0.25, 0.3) is 5.56 Å². The van der Waals surface area contributed by atoms with Gasteiger partial charge in [-0.15, -0.1) is 5.10 Å². The van der Waals surface area contributed by atoms with Gasteiger partial charge in [-0.1, -0.05) is 44.7 Å². The molecule has 1 unspecified atom stereocenters. The number of nitrogens with one attached hydrogen (secondary N) is 1. The zero-order valence-corrected chi connectivity index (χ0v) is 18.6. The number of carbonyl (C=O) groups excluding carboxylic acids is 1. The lowest BCUT2D eigenvalue weighted by atomic mass is 9.96. The Labute approximate surface area is 184 Å². The van der Waals surface area contributed by atoms with E-state index in [4.69, 9.17) is 0 Å². The van der Waals surface area contributed by atoms with Crippen molar-refractivity contribution < 1.29 is 4.79 Å². The number of hydrogen-bond donors (Lipinski definition) is 1. The van der Waals surface area contributed by atoms with Crippen molar-refractivity contribution in [3.63, 3.8) is 0 Å². The highest BCUT2D eigenvalue weighted by molar-refractivity contribution is 5.79. The maximum absolute atomic E-state index is 12.9. The molecule has 2 aliphatic rings. The topological polar surface area (TPSA) is 67.2 Å². The summed E-state index contributed by atoms with van der Waals surface area (Å²) in [6.45, 7) is 3.62. The fourth-order valence-electron chi connectivity index (χ4n) is 4.77. The molecule has 1 saturated heterocycles. The third kappa shape index (κ3) is 5.35. The first kappa shape index (κ1) is 21.6. The maximum atomic E-state index is 12.9. The Bertz CT molecular complexity index is 929. The molecule has 0 radical (unpaired) electrons. The van der Waals surface area contributed by atoms with Gasteiger partial charge in [0.1, 0.15) is 5.82 Å². The van der Waals surface area contributed by atoms with Crippen LogP contribution in [0.4, 0.5) is 5.82 Å². The van der Waals surface area contributed by atoms with Gasteiger partial charge in [-0.2, -0.15) is 4.68 Å². The van der Waals surface area contributed by atoms with Crippen LogP contribution in [-0.2, 0) is 11.2 Å². The lowest BCUT2D eigenvalue weighted by Crippen LogP contribution is -2.46. The van der Waals surface area contributed by atoms with Crippen LogP contribution in [0.1, 0.15) is 63.9 Å². The van der Waals surface area contributed by atoms with Crippen molar-refractivity contribution in [1.82, 2.24) is 15.1 Å².